The Hall–Kier alpha value is -1.81. The van der Waals surface area contributed by atoms with E-state index in [1.165, 1.54) is 0 Å². The number of nitrogens with zero attached hydrogens (tertiary/aromatic N) is 1. The molecule has 1 aromatic rings. The van der Waals surface area contributed by atoms with Crippen LogP contribution in [0.2, 0.25) is 0 Å². The molecule has 110 valence electrons. The van der Waals surface area contributed by atoms with Gasteiger partial charge < -0.3 is 15.0 Å². The molecule has 0 saturated carbocycles. The number of carbonyl (C=O) groups excluding carboxylic acids is 1. The Morgan fingerprint density at radius 2 is 2.10 bits per heavy atom. The van der Waals surface area contributed by atoms with E-state index in [9.17, 15) is 4.79 Å². The number of carbonyl (C=O) groups is 1. The summed E-state index contributed by atoms with van der Waals surface area (Å²) in [6, 6.07) is 7.78. The van der Waals surface area contributed by atoms with Crippen LogP contribution in [-0.4, -0.2) is 38.1 Å². The summed E-state index contributed by atoms with van der Waals surface area (Å²) in [5, 5.41) is 3.05. The third-order valence-corrected chi connectivity index (χ3v) is 3.05. The van der Waals surface area contributed by atoms with Crippen LogP contribution in [0.15, 0.2) is 36.9 Å². The molecule has 1 amide bonds. The van der Waals surface area contributed by atoms with E-state index in [-0.39, 0.29) is 5.91 Å². The van der Waals surface area contributed by atoms with E-state index in [1.807, 2.05) is 36.2 Å². The van der Waals surface area contributed by atoms with Gasteiger partial charge >= 0.3 is 0 Å². The standard InChI is InChI=1S/C16H24N2O2/c1-4-12-18(16(19)6-5-11-17-2)13-14-7-9-15(20-3)10-8-14/h4,7-10,17H,1,5-6,11-13H2,2-3H3. The minimum absolute atomic E-state index is 0.163. The highest BCUT2D eigenvalue weighted by Crippen LogP contribution is 2.13. The number of amides is 1. The molecule has 0 heterocycles. The van der Waals surface area contributed by atoms with Gasteiger partial charge in [0.05, 0.1) is 7.11 Å². The van der Waals surface area contributed by atoms with Gasteiger partial charge in [-0.2, -0.15) is 0 Å². The van der Waals surface area contributed by atoms with Gasteiger partial charge in [0.15, 0.2) is 0 Å². The van der Waals surface area contributed by atoms with Gasteiger partial charge in [0.1, 0.15) is 5.75 Å². The minimum Gasteiger partial charge on any atom is -0.497 e. The summed E-state index contributed by atoms with van der Waals surface area (Å²) < 4.78 is 5.13. The Labute approximate surface area is 121 Å². The highest BCUT2D eigenvalue weighted by molar-refractivity contribution is 5.76. The molecular formula is C16H24N2O2. The highest BCUT2D eigenvalue weighted by Gasteiger charge is 2.12. The van der Waals surface area contributed by atoms with Crippen LogP contribution in [0.4, 0.5) is 0 Å². The third-order valence-electron chi connectivity index (χ3n) is 3.05. The lowest BCUT2D eigenvalue weighted by molar-refractivity contribution is -0.131. The van der Waals surface area contributed by atoms with Crippen molar-refractivity contribution in [3.05, 3.63) is 42.5 Å². The summed E-state index contributed by atoms with van der Waals surface area (Å²) in [5.74, 6) is 0.986. The fourth-order valence-electron chi connectivity index (χ4n) is 1.94. The van der Waals surface area contributed by atoms with Crippen molar-refractivity contribution in [1.82, 2.24) is 10.2 Å². The topological polar surface area (TPSA) is 41.6 Å². The summed E-state index contributed by atoms with van der Waals surface area (Å²) in [5.41, 5.74) is 1.09. The number of rotatable bonds is 9. The van der Waals surface area contributed by atoms with Crippen LogP contribution in [0.3, 0.4) is 0 Å². The molecular weight excluding hydrogens is 252 g/mol. The van der Waals surface area contributed by atoms with Crippen LogP contribution < -0.4 is 10.1 Å². The molecule has 0 aromatic heterocycles. The molecule has 0 aliphatic heterocycles. The number of hydrogen-bond donors (Lipinski definition) is 1. The molecule has 0 radical (unpaired) electrons. The number of ether oxygens (including phenoxy) is 1. The SMILES string of the molecule is C=CCN(Cc1ccc(OC)cc1)C(=O)CCCNC. The molecule has 4 nitrogen and oxygen atoms in total. The van der Waals surface area contributed by atoms with Crippen LogP contribution in [-0.2, 0) is 11.3 Å². The first-order valence-electron chi connectivity index (χ1n) is 6.87. The van der Waals surface area contributed by atoms with Gasteiger partial charge in [-0.1, -0.05) is 18.2 Å². The van der Waals surface area contributed by atoms with Crippen molar-refractivity contribution in [2.24, 2.45) is 0 Å². The first-order chi connectivity index (χ1) is 9.71. The molecule has 1 N–H and O–H groups in total. The van der Waals surface area contributed by atoms with Crippen molar-refractivity contribution in [2.75, 3.05) is 27.2 Å². The Kier molecular flexibility index (Phi) is 7.43. The minimum atomic E-state index is 0.163. The number of nitrogens with one attached hydrogen (secondary N) is 1. The normalized spacial score (nSPS) is 10.1. The number of methoxy groups -OCH3 is 1. The molecule has 0 spiro atoms. The summed E-state index contributed by atoms with van der Waals surface area (Å²) >= 11 is 0. The van der Waals surface area contributed by atoms with Crippen LogP contribution in [0.5, 0.6) is 5.75 Å². The molecule has 0 fully saturated rings. The van der Waals surface area contributed by atoms with Gasteiger partial charge in [-0.3, -0.25) is 4.79 Å². The summed E-state index contributed by atoms with van der Waals surface area (Å²) in [6.45, 7) is 5.76. The van der Waals surface area contributed by atoms with Crippen molar-refractivity contribution in [3.8, 4) is 5.75 Å². The maximum Gasteiger partial charge on any atom is 0.223 e. The molecule has 0 unspecified atom stereocenters. The van der Waals surface area contributed by atoms with Gasteiger partial charge in [0, 0.05) is 19.5 Å². The van der Waals surface area contributed by atoms with Gasteiger partial charge in [-0.05, 0) is 37.7 Å². The predicted molar refractivity (Wildman–Crippen MR) is 81.8 cm³/mol. The summed E-state index contributed by atoms with van der Waals surface area (Å²) in [6.07, 6.45) is 3.18. The average Bonchev–Trinajstić information content (AvgIpc) is 2.47. The van der Waals surface area contributed by atoms with E-state index in [2.05, 4.69) is 11.9 Å². The Morgan fingerprint density at radius 3 is 2.65 bits per heavy atom. The Bertz CT molecular complexity index is 415. The molecule has 0 saturated heterocycles. The average molecular weight is 276 g/mol. The second-order valence-electron chi connectivity index (χ2n) is 4.62. The van der Waals surface area contributed by atoms with E-state index in [4.69, 9.17) is 4.74 Å². The van der Waals surface area contributed by atoms with Crippen LogP contribution in [0.25, 0.3) is 0 Å². The zero-order valence-corrected chi connectivity index (χ0v) is 12.4. The Morgan fingerprint density at radius 1 is 1.40 bits per heavy atom. The highest BCUT2D eigenvalue weighted by atomic mass is 16.5. The van der Waals surface area contributed by atoms with Crippen molar-refractivity contribution in [2.45, 2.75) is 19.4 Å². The molecule has 20 heavy (non-hydrogen) atoms. The first kappa shape index (κ1) is 16.2. The van der Waals surface area contributed by atoms with Gasteiger partial charge in [-0.25, -0.2) is 0 Å². The molecule has 0 bridgehead atoms. The van der Waals surface area contributed by atoms with Crippen LogP contribution in [0.1, 0.15) is 18.4 Å². The molecule has 0 aliphatic carbocycles. The lowest BCUT2D eigenvalue weighted by Gasteiger charge is -2.21. The fraction of sp³-hybridized carbons (Fsp3) is 0.438. The summed E-state index contributed by atoms with van der Waals surface area (Å²) in [7, 11) is 3.54. The van der Waals surface area contributed by atoms with Crippen LogP contribution >= 0.6 is 0 Å². The van der Waals surface area contributed by atoms with E-state index >= 15 is 0 Å². The molecule has 1 rings (SSSR count). The van der Waals surface area contributed by atoms with E-state index < -0.39 is 0 Å². The lowest BCUT2D eigenvalue weighted by atomic mass is 10.2. The smallest absolute Gasteiger partial charge is 0.223 e. The zero-order valence-electron chi connectivity index (χ0n) is 12.4. The maximum absolute atomic E-state index is 12.2. The van der Waals surface area contributed by atoms with Gasteiger partial charge in [0.2, 0.25) is 5.91 Å². The second kappa shape index (κ2) is 9.15. The molecule has 0 atom stereocenters. The predicted octanol–water partition coefficient (Wildman–Crippen LogP) is 2.21. The van der Waals surface area contributed by atoms with E-state index in [0.717, 1.165) is 24.3 Å². The van der Waals surface area contributed by atoms with Crippen LogP contribution in [0, 0.1) is 0 Å². The Balaban J connectivity index is 2.60. The third kappa shape index (κ3) is 5.45. The molecule has 0 aliphatic rings. The maximum atomic E-state index is 12.2. The monoisotopic (exact) mass is 276 g/mol. The fourth-order valence-corrected chi connectivity index (χ4v) is 1.94. The van der Waals surface area contributed by atoms with E-state index in [0.29, 0.717) is 19.5 Å². The molecule has 4 heteroatoms. The van der Waals surface area contributed by atoms with Crippen molar-refractivity contribution in [1.29, 1.82) is 0 Å². The largest absolute Gasteiger partial charge is 0.497 e. The quantitative estimate of drug-likeness (QED) is 0.555. The lowest BCUT2D eigenvalue weighted by Crippen LogP contribution is -2.31. The van der Waals surface area contributed by atoms with Crippen molar-refractivity contribution in [3.63, 3.8) is 0 Å². The first-order valence-corrected chi connectivity index (χ1v) is 6.87. The van der Waals surface area contributed by atoms with E-state index in [1.54, 1.807) is 13.2 Å². The number of hydrogen-bond acceptors (Lipinski definition) is 3. The second-order valence-corrected chi connectivity index (χ2v) is 4.62. The van der Waals surface area contributed by atoms with Crippen molar-refractivity contribution >= 4 is 5.91 Å². The number of benzene rings is 1. The van der Waals surface area contributed by atoms with Gasteiger partial charge in [-0.15, -0.1) is 6.58 Å². The molecule has 1 aromatic carbocycles. The van der Waals surface area contributed by atoms with Crippen molar-refractivity contribution < 1.29 is 9.53 Å². The summed E-state index contributed by atoms with van der Waals surface area (Å²) in [4.78, 5) is 14.0. The van der Waals surface area contributed by atoms with Gasteiger partial charge in [0.25, 0.3) is 0 Å². The zero-order chi connectivity index (χ0) is 14.8.